The summed E-state index contributed by atoms with van der Waals surface area (Å²) >= 11 is 0. The fourth-order valence-electron chi connectivity index (χ4n) is 6.00. The van der Waals surface area contributed by atoms with E-state index in [-0.39, 0.29) is 12.5 Å². The molecule has 0 spiro atoms. The molecular formula is C39H77NO3. The molecule has 0 aromatic rings. The van der Waals surface area contributed by atoms with E-state index in [1.165, 1.54) is 167 Å². The highest BCUT2D eigenvalue weighted by Gasteiger charge is 2.17. The van der Waals surface area contributed by atoms with Crippen LogP contribution in [0.3, 0.4) is 0 Å². The van der Waals surface area contributed by atoms with E-state index in [0.29, 0.717) is 6.42 Å². The lowest BCUT2D eigenvalue weighted by atomic mass is 10.0. The molecule has 0 fully saturated rings. The third-order valence-electron chi connectivity index (χ3n) is 9.02. The van der Waals surface area contributed by atoms with Crippen molar-refractivity contribution in [3.8, 4) is 0 Å². The molecule has 0 aliphatic rings. The van der Waals surface area contributed by atoms with Crippen LogP contribution in [0, 0.1) is 0 Å². The highest BCUT2D eigenvalue weighted by atomic mass is 16.3. The van der Waals surface area contributed by atoms with Gasteiger partial charge < -0.3 is 15.5 Å². The van der Waals surface area contributed by atoms with Crippen molar-refractivity contribution in [3.05, 3.63) is 12.2 Å². The van der Waals surface area contributed by atoms with Crippen LogP contribution in [-0.2, 0) is 4.79 Å². The number of hydrogen-bond donors (Lipinski definition) is 3. The van der Waals surface area contributed by atoms with E-state index in [0.717, 1.165) is 25.7 Å². The second-order valence-electron chi connectivity index (χ2n) is 13.4. The molecule has 0 unspecified atom stereocenters. The first-order chi connectivity index (χ1) is 21.2. The van der Waals surface area contributed by atoms with Gasteiger partial charge in [0.05, 0.1) is 18.8 Å². The van der Waals surface area contributed by atoms with Crippen LogP contribution in [0.15, 0.2) is 12.2 Å². The normalized spacial score (nSPS) is 13.1. The Balaban J connectivity index is 3.54. The van der Waals surface area contributed by atoms with Crippen LogP contribution in [0.5, 0.6) is 0 Å². The van der Waals surface area contributed by atoms with E-state index in [2.05, 4.69) is 19.2 Å². The molecule has 0 rings (SSSR count). The summed E-state index contributed by atoms with van der Waals surface area (Å²) in [7, 11) is 0. The third-order valence-corrected chi connectivity index (χ3v) is 9.02. The minimum Gasteiger partial charge on any atom is -0.394 e. The Morgan fingerprint density at radius 2 is 0.860 bits per heavy atom. The lowest BCUT2D eigenvalue weighted by molar-refractivity contribution is -0.123. The number of nitrogens with one attached hydrogen (secondary N) is 1. The molecule has 2 atom stereocenters. The summed E-state index contributed by atoms with van der Waals surface area (Å²) in [6.45, 7) is 4.31. The summed E-state index contributed by atoms with van der Waals surface area (Å²) in [6, 6.07) is -0.614. The van der Waals surface area contributed by atoms with Gasteiger partial charge in [-0.2, -0.15) is 0 Å². The predicted octanol–water partition coefficient (Wildman–Crippen LogP) is 11.5. The number of unbranched alkanes of at least 4 members (excludes halogenated alkanes) is 28. The first-order valence-corrected chi connectivity index (χ1v) is 19.4. The van der Waals surface area contributed by atoms with Crippen LogP contribution in [-0.4, -0.2) is 34.9 Å². The molecule has 0 aliphatic carbocycles. The van der Waals surface area contributed by atoms with Crippen LogP contribution in [0.2, 0.25) is 0 Å². The summed E-state index contributed by atoms with van der Waals surface area (Å²) < 4.78 is 0. The minimum atomic E-state index is -0.831. The van der Waals surface area contributed by atoms with Crippen molar-refractivity contribution in [1.82, 2.24) is 5.32 Å². The molecule has 0 aliphatic heterocycles. The zero-order valence-electron chi connectivity index (χ0n) is 29.2. The molecule has 4 heteroatoms. The monoisotopic (exact) mass is 608 g/mol. The Kier molecular flexibility index (Phi) is 34.9. The first-order valence-electron chi connectivity index (χ1n) is 19.4. The van der Waals surface area contributed by atoms with Crippen LogP contribution in [0.25, 0.3) is 0 Å². The van der Waals surface area contributed by atoms with Crippen molar-refractivity contribution >= 4 is 5.91 Å². The van der Waals surface area contributed by atoms with Gasteiger partial charge in [-0.3, -0.25) is 4.79 Å². The molecule has 0 aromatic carbocycles. The molecule has 256 valence electrons. The van der Waals surface area contributed by atoms with E-state index in [4.69, 9.17) is 0 Å². The second-order valence-corrected chi connectivity index (χ2v) is 13.4. The van der Waals surface area contributed by atoms with Gasteiger partial charge >= 0.3 is 0 Å². The fourth-order valence-corrected chi connectivity index (χ4v) is 6.00. The molecule has 0 heterocycles. The SMILES string of the molecule is CCCCCCCCCCCC/C=C/[C@@H](O)[C@H](CO)NC(=O)CCCCCCCCCCCCCCCCCCCCC. The van der Waals surface area contributed by atoms with Crippen molar-refractivity contribution in [3.63, 3.8) is 0 Å². The number of rotatable bonds is 35. The van der Waals surface area contributed by atoms with Gasteiger partial charge in [0.15, 0.2) is 0 Å². The van der Waals surface area contributed by atoms with Crippen LogP contribution in [0.4, 0.5) is 0 Å². The van der Waals surface area contributed by atoms with Crippen molar-refractivity contribution in [1.29, 1.82) is 0 Å². The van der Waals surface area contributed by atoms with Crippen molar-refractivity contribution in [2.24, 2.45) is 0 Å². The number of carbonyl (C=O) groups excluding carboxylic acids is 1. The van der Waals surface area contributed by atoms with Gasteiger partial charge in [-0.1, -0.05) is 199 Å². The molecule has 1 amide bonds. The molecule has 43 heavy (non-hydrogen) atoms. The van der Waals surface area contributed by atoms with Gasteiger partial charge in [0.25, 0.3) is 0 Å². The number of allylic oxidation sites excluding steroid dienone is 1. The van der Waals surface area contributed by atoms with Crippen molar-refractivity contribution in [2.45, 2.75) is 225 Å². The fraction of sp³-hybridized carbons (Fsp3) is 0.923. The Labute approximate surface area is 269 Å². The maximum absolute atomic E-state index is 12.3. The summed E-state index contributed by atoms with van der Waals surface area (Å²) in [5.41, 5.74) is 0. The van der Waals surface area contributed by atoms with Gasteiger partial charge in [0, 0.05) is 6.42 Å². The number of hydrogen-bond acceptors (Lipinski definition) is 3. The molecule has 0 saturated carbocycles. The quantitative estimate of drug-likeness (QED) is 0.0496. The van der Waals surface area contributed by atoms with Crippen molar-refractivity contribution in [2.75, 3.05) is 6.61 Å². The molecule has 0 radical (unpaired) electrons. The molecule has 0 saturated heterocycles. The van der Waals surface area contributed by atoms with Crippen LogP contribution in [0.1, 0.15) is 213 Å². The molecular weight excluding hydrogens is 530 g/mol. The number of aliphatic hydroxyl groups is 2. The zero-order chi connectivity index (χ0) is 31.5. The number of carbonyl (C=O) groups is 1. The largest absolute Gasteiger partial charge is 0.394 e. The minimum absolute atomic E-state index is 0.0619. The Bertz CT molecular complexity index is 579. The standard InChI is InChI=1S/C39H77NO3/c1-3-5-7-9-11-13-15-17-18-19-20-21-22-23-25-27-29-31-33-35-39(43)40-37(36-41)38(42)34-32-30-28-26-24-16-14-12-10-8-6-4-2/h32,34,37-38,41-42H,3-31,33,35-36H2,1-2H3,(H,40,43)/b34-32+/t37-,38+/m0/s1. The average Bonchev–Trinajstić information content (AvgIpc) is 3.01. The summed E-state index contributed by atoms with van der Waals surface area (Å²) in [4.78, 5) is 12.3. The Morgan fingerprint density at radius 3 is 1.21 bits per heavy atom. The molecule has 3 N–H and O–H groups in total. The first kappa shape index (κ1) is 42.1. The van der Waals surface area contributed by atoms with Crippen LogP contribution >= 0.6 is 0 Å². The molecule has 4 nitrogen and oxygen atoms in total. The van der Waals surface area contributed by atoms with E-state index in [1.807, 2.05) is 6.08 Å². The third kappa shape index (κ3) is 32.3. The summed E-state index contributed by atoms with van der Waals surface area (Å²) in [5, 5.41) is 22.9. The maximum Gasteiger partial charge on any atom is 0.220 e. The zero-order valence-corrected chi connectivity index (χ0v) is 29.2. The summed E-state index contributed by atoms with van der Waals surface area (Å²) in [6.07, 6.45) is 43.0. The Hall–Kier alpha value is -0.870. The van der Waals surface area contributed by atoms with Crippen LogP contribution < -0.4 is 5.32 Å². The van der Waals surface area contributed by atoms with E-state index >= 15 is 0 Å². The van der Waals surface area contributed by atoms with Gasteiger partial charge in [0.2, 0.25) is 5.91 Å². The average molecular weight is 608 g/mol. The number of aliphatic hydroxyl groups excluding tert-OH is 2. The lowest BCUT2D eigenvalue weighted by Gasteiger charge is -2.20. The van der Waals surface area contributed by atoms with Gasteiger partial charge in [-0.05, 0) is 19.3 Å². The van der Waals surface area contributed by atoms with Gasteiger partial charge in [-0.25, -0.2) is 0 Å². The van der Waals surface area contributed by atoms with E-state index < -0.39 is 12.1 Å². The van der Waals surface area contributed by atoms with Gasteiger partial charge in [-0.15, -0.1) is 0 Å². The van der Waals surface area contributed by atoms with E-state index in [1.54, 1.807) is 6.08 Å². The lowest BCUT2D eigenvalue weighted by Crippen LogP contribution is -2.45. The highest BCUT2D eigenvalue weighted by Crippen LogP contribution is 2.15. The van der Waals surface area contributed by atoms with Gasteiger partial charge in [0.1, 0.15) is 0 Å². The smallest absolute Gasteiger partial charge is 0.220 e. The second kappa shape index (κ2) is 35.6. The predicted molar refractivity (Wildman–Crippen MR) is 189 cm³/mol. The van der Waals surface area contributed by atoms with E-state index in [9.17, 15) is 15.0 Å². The number of amides is 1. The molecule has 0 aromatic heterocycles. The molecule has 0 bridgehead atoms. The van der Waals surface area contributed by atoms with Crippen molar-refractivity contribution < 1.29 is 15.0 Å². The maximum atomic E-state index is 12.3. The topological polar surface area (TPSA) is 69.6 Å². The summed E-state index contributed by atoms with van der Waals surface area (Å²) in [5.74, 6) is -0.0619. The Morgan fingerprint density at radius 1 is 0.535 bits per heavy atom. The highest BCUT2D eigenvalue weighted by molar-refractivity contribution is 5.76.